The van der Waals surface area contributed by atoms with Crippen LogP contribution in [0.3, 0.4) is 0 Å². The third-order valence-electron chi connectivity index (χ3n) is 1.36. The minimum Gasteiger partial charge on any atom is -0.358 e. The molecule has 0 rings (SSSR count). The number of rotatable bonds is 4. The second kappa shape index (κ2) is 7.41. The molecule has 0 bridgehead atoms. The van der Waals surface area contributed by atoms with Gasteiger partial charge in [-0.25, -0.2) is 0 Å². The predicted octanol–water partition coefficient (Wildman–Crippen LogP) is 3.49. The zero-order valence-corrected chi connectivity index (χ0v) is 8.99. The van der Waals surface area contributed by atoms with Crippen LogP contribution in [-0.2, 0) is 0 Å². The molecule has 0 aromatic rings. The van der Waals surface area contributed by atoms with Crippen molar-refractivity contribution in [1.29, 1.82) is 0 Å². The standard InChI is InChI=1S/C12H19N/c1-5-10-13(4)11-8-6-7-9-12(2)3/h5-11H,1-4H3. The first-order chi connectivity index (χ1) is 6.16. The van der Waals surface area contributed by atoms with Crippen LogP contribution in [0, 0.1) is 0 Å². The Hall–Kier alpha value is -1.24. The second-order valence-electron chi connectivity index (χ2n) is 3.12. The van der Waals surface area contributed by atoms with Crippen LogP contribution >= 0.6 is 0 Å². The lowest BCUT2D eigenvalue weighted by atomic mass is 10.3. The van der Waals surface area contributed by atoms with Gasteiger partial charge in [0.25, 0.3) is 0 Å². The number of hydrogen-bond donors (Lipinski definition) is 0. The van der Waals surface area contributed by atoms with E-state index in [1.54, 1.807) is 0 Å². The summed E-state index contributed by atoms with van der Waals surface area (Å²) >= 11 is 0. The van der Waals surface area contributed by atoms with E-state index in [4.69, 9.17) is 0 Å². The molecule has 1 nitrogen and oxygen atoms in total. The molecule has 0 aliphatic carbocycles. The summed E-state index contributed by atoms with van der Waals surface area (Å²) in [4.78, 5) is 2.01. The maximum atomic E-state index is 2.08. The molecule has 0 heterocycles. The molecule has 0 spiro atoms. The first-order valence-electron chi connectivity index (χ1n) is 4.50. The van der Waals surface area contributed by atoms with Gasteiger partial charge in [-0.1, -0.05) is 29.9 Å². The molecular formula is C12H19N. The molecule has 0 aromatic heterocycles. The summed E-state index contributed by atoms with van der Waals surface area (Å²) in [5, 5.41) is 0. The van der Waals surface area contributed by atoms with Gasteiger partial charge < -0.3 is 4.90 Å². The monoisotopic (exact) mass is 177 g/mol. The maximum Gasteiger partial charge on any atom is 0.0106 e. The van der Waals surface area contributed by atoms with Crippen molar-refractivity contribution in [2.75, 3.05) is 7.05 Å². The van der Waals surface area contributed by atoms with E-state index in [1.807, 2.05) is 55.6 Å². The van der Waals surface area contributed by atoms with Crippen LogP contribution < -0.4 is 0 Å². The van der Waals surface area contributed by atoms with E-state index in [2.05, 4.69) is 19.9 Å². The molecule has 0 aliphatic heterocycles. The zero-order chi connectivity index (χ0) is 10.1. The predicted molar refractivity (Wildman–Crippen MR) is 60.3 cm³/mol. The third-order valence-corrected chi connectivity index (χ3v) is 1.36. The van der Waals surface area contributed by atoms with E-state index in [9.17, 15) is 0 Å². The van der Waals surface area contributed by atoms with E-state index in [-0.39, 0.29) is 0 Å². The van der Waals surface area contributed by atoms with E-state index >= 15 is 0 Å². The average molecular weight is 177 g/mol. The van der Waals surface area contributed by atoms with Gasteiger partial charge in [0.1, 0.15) is 0 Å². The topological polar surface area (TPSA) is 3.24 Å². The van der Waals surface area contributed by atoms with Gasteiger partial charge in [-0.2, -0.15) is 0 Å². The van der Waals surface area contributed by atoms with Gasteiger partial charge in [-0.05, 0) is 33.0 Å². The highest BCUT2D eigenvalue weighted by Crippen LogP contribution is 1.90. The highest BCUT2D eigenvalue weighted by atomic mass is 15.0. The van der Waals surface area contributed by atoms with Crippen LogP contribution in [0.2, 0.25) is 0 Å². The quantitative estimate of drug-likeness (QED) is 0.594. The Morgan fingerprint density at radius 1 is 1.00 bits per heavy atom. The fourth-order valence-corrected chi connectivity index (χ4v) is 0.782. The van der Waals surface area contributed by atoms with Gasteiger partial charge in [0, 0.05) is 13.2 Å². The Kier molecular flexibility index (Phi) is 6.70. The van der Waals surface area contributed by atoms with Gasteiger partial charge in [-0.3, -0.25) is 0 Å². The van der Waals surface area contributed by atoms with Crippen molar-refractivity contribution in [3.05, 3.63) is 48.4 Å². The summed E-state index contributed by atoms with van der Waals surface area (Å²) in [6, 6.07) is 0. The molecule has 0 fully saturated rings. The van der Waals surface area contributed by atoms with E-state index in [0.29, 0.717) is 0 Å². The third kappa shape index (κ3) is 8.67. The molecule has 0 aromatic carbocycles. The number of hydrogen-bond acceptors (Lipinski definition) is 1. The van der Waals surface area contributed by atoms with Crippen LogP contribution in [0.1, 0.15) is 20.8 Å². The lowest BCUT2D eigenvalue weighted by Crippen LogP contribution is -1.98. The molecule has 0 amide bonds. The van der Waals surface area contributed by atoms with Crippen molar-refractivity contribution >= 4 is 0 Å². The summed E-state index contributed by atoms with van der Waals surface area (Å²) in [6.07, 6.45) is 14.2. The van der Waals surface area contributed by atoms with Crippen LogP contribution in [0.5, 0.6) is 0 Å². The molecule has 13 heavy (non-hydrogen) atoms. The molecule has 0 unspecified atom stereocenters. The zero-order valence-electron chi connectivity index (χ0n) is 8.99. The molecule has 0 atom stereocenters. The lowest BCUT2D eigenvalue weighted by Gasteiger charge is -2.03. The fourth-order valence-electron chi connectivity index (χ4n) is 0.782. The summed E-state index contributed by atoms with van der Waals surface area (Å²) in [7, 11) is 2.01. The molecule has 0 aliphatic rings. The Balaban J connectivity index is 3.87. The van der Waals surface area contributed by atoms with Crippen LogP contribution in [0.4, 0.5) is 0 Å². The van der Waals surface area contributed by atoms with Gasteiger partial charge in [0.2, 0.25) is 0 Å². The maximum absolute atomic E-state index is 2.08. The molecule has 72 valence electrons. The van der Waals surface area contributed by atoms with Gasteiger partial charge in [0.05, 0.1) is 0 Å². The van der Waals surface area contributed by atoms with E-state index in [0.717, 1.165) is 0 Å². The van der Waals surface area contributed by atoms with Crippen molar-refractivity contribution in [2.45, 2.75) is 20.8 Å². The van der Waals surface area contributed by atoms with Gasteiger partial charge >= 0.3 is 0 Å². The van der Waals surface area contributed by atoms with Crippen LogP contribution in [-0.4, -0.2) is 11.9 Å². The Morgan fingerprint density at radius 3 is 2.23 bits per heavy atom. The molecule has 0 saturated carbocycles. The highest BCUT2D eigenvalue weighted by molar-refractivity contribution is 5.14. The highest BCUT2D eigenvalue weighted by Gasteiger charge is 1.76. The van der Waals surface area contributed by atoms with E-state index in [1.165, 1.54) is 5.57 Å². The number of nitrogens with zero attached hydrogens (tertiary/aromatic N) is 1. The first-order valence-corrected chi connectivity index (χ1v) is 4.50. The molecule has 1 heteroatoms. The van der Waals surface area contributed by atoms with Gasteiger partial charge in [-0.15, -0.1) is 0 Å². The summed E-state index contributed by atoms with van der Waals surface area (Å²) < 4.78 is 0. The SMILES string of the molecule is CC=CN(C)C=CC=CC=C(C)C. The smallest absolute Gasteiger partial charge is 0.0106 e. The van der Waals surface area contributed by atoms with Crippen molar-refractivity contribution in [3.8, 4) is 0 Å². The van der Waals surface area contributed by atoms with Crippen LogP contribution in [0.25, 0.3) is 0 Å². The Morgan fingerprint density at radius 2 is 1.69 bits per heavy atom. The average Bonchev–Trinajstić information content (AvgIpc) is 2.03. The molecule has 0 saturated heterocycles. The number of allylic oxidation sites excluding steroid dienone is 6. The van der Waals surface area contributed by atoms with Crippen molar-refractivity contribution in [3.63, 3.8) is 0 Å². The van der Waals surface area contributed by atoms with E-state index < -0.39 is 0 Å². The lowest BCUT2D eigenvalue weighted by molar-refractivity contribution is 0.625. The first kappa shape index (κ1) is 11.8. The largest absolute Gasteiger partial charge is 0.358 e. The minimum atomic E-state index is 1.31. The second-order valence-corrected chi connectivity index (χ2v) is 3.12. The van der Waals surface area contributed by atoms with Crippen molar-refractivity contribution in [2.24, 2.45) is 0 Å². The normalized spacial score (nSPS) is 11.7. The van der Waals surface area contributed by atoms with Gasteiger partial charge in [0.15, 0.2) is 0 Å². The minimum absolute atomic E-state index is 1.31. The van der Waals surface area contributed by atoms with Crippen molar-refractivity contribution < 1.29 is 0 Å². The van der Waals surface area contributed by atoms with Crippen molar-refractivity contribution in [1.82, 2.24) is 4.90 Å². The summed E-state index contributed by atoms with van der Waals surface area (Å²) in [6.45, 7) is 6.17. The Labute approximate surface area is 81.8 Å². The summed E-state index contributed by atoms with van der Waals surface area (Å²) in [5.74, 6) is 0. The summed E-state index contributed by atoms with van der Waals surface area (Å²) in [5.41, 5.74) is 1.31. The molecule has 0 radical (unpaired) electrons. The Bertz CT molecular complexity index is 228. The molecule has 0 N–H and O–H groups in total. The molecular weight excluding hydrogens is 158 g/mol. The fraction of sp³-hybridized carbons (Fsp3) is 0.333. The van der Waals surface area contributed by atoms with Crippen LogP contribution in [0.15, 0.2) is 48.4 Å².